The molecule has 1 N–H and O–H groups in total. The van der Waals surface area contributed by atoms with Gasteiger partial charge in [0.15, 0.2) is 0 Å². The molecule has 0 radical (unpaired) electrons. The molecule has 14 heavy (non-hydrogen) atoms. The van der Waals surface area contributed by atoms with E-state index >= 15 is 0 Å². The smallest absolute Gasteiger partial charge is 0.251 e. The van der Waals surface area contributed by atoms with Crippen LogP contribution in [0.15, 0.2) is 16.9 Å². The normalized spacial score (nSPS) is 10.7. The maximum absolute atomic E-state index is 11.3. The summed E-state index contributed by atoms with van der Waals surface area (Å²) in [6.07, 6.45) is 0. The second-order valence-electron chi connectivity index (χ2n) is 3.06. The van der Waals surface area contributed by atoms with Crippen molar-refractivity contribution in [1.82, 2.24) is 14.5 Å². The van der Waals surface area contributed by atoms with Gasteiger partial charge in [-0.1, -0.05) is 0 Å². The first-order chi connectivity index (χ1) is 6.59. The summed E-state index contributed by atoms with van der Waals surface area (Å²) in [6, 6.07) is 2.90. The summed E-state index contributed by atoms with van der Waals surface area (Å²) >= 11 is 0. The van der Waals surface area contributed by atoms with E-state index in [1.54, 1.807) is 14.0 Å². The standard InChI is InChI=1S/C9H9N3O2/c1-5-10-8-6(9(14)11-5)3-4-7(13)12(8)2/h3-4H,1-2H3,(H,10,11,14). The van der Waals surface area contributed by atoms with E-state index in [0.717, 1.165) is 0 Å². The summed E-state index contributed by atoms with van der Waals surface area (Å²) < 4.78 is 1.38. The van der Waals surface area contributed by atoms with E-state index in [4.69, 9.17) is 0 Å². The van der Waals surface area contributed by atoms with E-state index in [-0.39, 0.29) is 11.4 Å². The molecular formula is C9H9N3O2. The SMILES string of the molecule is Cc1nc(O)c2ccc(=O)n(C)c2n1. The zero-order chi connectivity index (χ0) is 10.3. The van der Waals surface area contributed by atoms with Gasteiger partial charge in [-0.15, -0.1) is 0 Å². The predicted molar refractivity (Wildman–Crippen MR) is 51.2 cm³/mol. The van der Waals surface area contributed by atoms with Gasteiger partial charge in [-0.3, -0.25) is 9.36 Å². The minimum Gasteiger partial charge on any atom is -0.493 e. The second kappa shape index (κ2) is 2.80. The van der Waals surface area contributed by atoms with Crippen LogP contribution in [0.3, 0.4) is 0 Å². The van der Waals surface area contributed by atoms with Gasteiger partial charge in [0.1, 0.15) is 11.5 Å². The first-order valence-electron chi connectivity index (χ1n) is 4.13. The van der Waals surface area contributed by atoms with Gasteiger partial charge in [-0.2, -0.15) is 4.98 Å². The molecule has 0 aromatic carbocycles. The molecule has 0 saturated carbocycles. The van der Waals surface area contributed by atoms with Crippen molar-refractivity contribution in [2.75, 3.05) is 0 Å². The van der Waals surface area contributed by atoms with Crippen molar-refractivity contribution < 1.29 is 5.11 Å². The molecule has 0 bridgehead atoms. The number of aromatic hydroxyl groups is 1. The average Bonchev–Trinajstić information content (AvgIpc) is 2.12. The molecule has 0 unspecified atom stereocenters. The Kier molecular flexibility index (Phi) is 1.73. The van der Waals surface area contributed by atoms with Crippen molar-refractivity contribution in [3.63, 3.8) is 0 Å². The van der Waals surface area contributed by atoms with Crippen molar-refractivity contribution in [2.24, 2.45) is 7.05 Å². The number of fused-ring (bicyclic) bond motifs is 1. The number of aromatic nitrogens is 3. The summed E-state index contributed by atoms with van der Waals surface area (Å²) in [7, 11) is 1.61. The van der Waals surface area contributed by atoms with Crippen LogP contribution in [-0.4, -0.2) is 19.6 Å². The molecule has 2 rings (SSSR count). The van der Waals surface area contributed by atoms with Crippen molar-refractivity contribution >= 4 is 11.0 Å². The molecule has 0 atom stereocenters. The number of aryl methyl sites for hydroxylation is 2. The van der Waals surface area contributed by atoms with Crippen LogP contribution in [-0.2, 0) is 7.05 Å². The largest absolute Gasteiger partial charge is 0.493 e. The van der Waals surface area contributed by atoms with E-state index in [9.17, 15) is 9.90 Å². The maximum atomic E-state index is 11.3. The minimum absolute atomic E-state index is 0.0944. The molecule has 0 aliphatic rings. The van der Waals surface area contributed by atoms with Crippen LogP contribution in [0.5, 0.6) is 5.88 Å². The molecule has 72 valence electrons. The topological polar surface area (TPSA) is 68.0 Å². The summed E-state index contributed by atoms with van der Waals surface area (Å²) in [5, 5.41) is 9.98. The van der Waals surface area contributed by atoms with Crippen LogP contribution in [0.25, 0.3) is 11.0 Å². The molecular weight excluding hydrogens is 182 g/mol. The highest BCUT2D eigenvalue weighted by Gasteiger charge is 2.06. The third kappa shape index (κ3) is 1.14. The summed E-state index contributed by atoms with van der Waals surface area (Å²) in [5.41, 5.74) is 0.289. The molecule has 0 aliphatic carbocycles. The van der Waals surface area contributed by atoms with E-state index in [2.05, 4.69) is 9.97 Å². The van der Waals surface area contributed by atoms with Crippen molar-refractivity contribution in [3.05, 3.63) is 28.3 Å². The Hall–Kier alpha value is -1.91. The molecule has 0 spiro atoms. The van der Waals surface area contributed by atoms with Gasteiger partial charge in [0, 0.05) is 13.1 Å². The van der Waals surface area contributed by atoms with Crippen molar-refractivity contribution in [3.8, 4) is 5.88 Å². The Balaban J connectivity index is 3.02. The fraction of sp³-hybridized carbons (Fsp3) is 0.222. The molecule has 2 heterocycles. The van der Waals surface area contributed by atoms with E-state index < -0.39 is 0 Å². The molecule has 0 fully saturated rings. The molecule has 2 aromatic heterocycles. The summed E-state index contributed by atoms with van der Waals surface area (Å²) in [6.45, 7) is 1.66. The number of hydrogen-bond donors (Lipinski definition) is 1. The van der Waals surface area contributed by atoms with Crippen LogP contribution in [0.4, 0.5) is 0 Å². The van der Waals surface area contributed by atoms with Crippen LogP contribution in [0.2, 0.25) is 0 Å². The van der Waals surface area contributed by atoms with E-state index in [1.165, 1.54) is 16.7 Å². The number of hydrogen-bond acceptors (Lipinski definition) is 4. The Morgan fingerprint density at radius 1 is 1.36 bits per heavy atom. The van der Waals surface area contributed by atoms with E-state index in [0.29, 0.717) is 16.9 Å². The fourth-order valence-electron chi connectivity index (χ4n) is 1.33. The lowest BCUT2D eigenvalue weighted by atomic mass is 10.3. The molecule has 5 nitrogen and oxygen atoms in total. The summed E-state index contributed by atoms with van der Waals surface area (Å²) in [4.78, 5) is 19.2. The predicted octanol–water partition coefficient (Wildman–Crippen LogP) is 0.343. The van der Waals surface area contributed by atoms with Gasteiger partial charge in [0.05, 0.1) is 5.39 Å². The summed E-state index contributed by atoms with van der Waals surface area (Å²) in [5.74, 6) is 0.347. The van der Waals surface area contributed by atoms with Crippen LogP contribution < -0.4 is 5.56 Å². The quantitative estimate of drug-likeness (QED) is 0.652. The van der Waals surface area contributed by atoms with Gasteiger partial charge in [0.2, 0.25) is 5.88 Å². The fourth-order valence-corrected chi connectivity index (χ4v) is 1.33. The van der Waals surface area contributed by atoms with Crippen molar-refractivity contribution in [2.45, 2.75) is 6.92 Å². The molecule has 2 aromatic rings. The van der Waals surface area contributed by atoms with Gasteiger partial charge in [-0.05, 0) is 13.0 Å². The number of nitrogens with zero attached hydrogens (tertiary/aromatic N) is 3. The molecule has 0 amide bonds. The lowest BCUT2D eigenvalue weighted by Crippen LogP contribution is -2.16. The van der Waals surface area contributed by atoms with Gasteiger partial charge in [-0.25, -0.2) is 4.98 Å². The molecule has 0 aliphatic heterocycles. The van der Waals surface area contributed by atoms with Gasteiger partial charge >= 0.3 is 0 Å². The Labute approximate surface area is 79.7 Å². The van der Waals surface area contributed by atoms with Gasteiger partial charge < -0.3 is 5.11 Å². The van der Waals surface area contributed by atoms with Crippen LogP contribution in [0, 0.1) is 6.92 Å². The monoisotopic (exact) mass is 191 g/mol. The lowest BCUT2D eigenvalue weighted by Gasteiger charge is -2.04. The minimum atomic E-state index is -0.157. The first-order valence-corrected chi connectivity index (χ1v) is 4.13. The number of pyridine rings is 1. The highest BCUT2D eigenvalue weighted by atomic mass is 16.3. The second-order valence-corrected chi connectivity index (χ2v) is 3.06. The third-order valence-electron chi connectivity index (χ3n) is 2.06. The lowest BCUT2D eigenvalue weighted by molar-refractivity contribution is 0.457. The van der Waals surface area contributed by atoms with Crippen molar-refractivity contribution in [1.29, 1.82) is 0 Å². The average molecular weight is 191 g/mol. The molecule has 0 saturated heterocycles. The highest BCUT2D eigenvalue weighted by molar-refractivity contribution is 5.79. The zero-order valence-corrected chi connectivity index (χ0v) is 7.85. The Bertz CT molecular complexity index is 560. The van der Waals surface area contributed by atoms with Crippen LogP contribution >= 0.6 is 0 Å². The Morgan fingerprint density at radius 2 is 2.07 bits per heavy atom. The van der Waals surface area contributed by atoms with Crippen LogP contribution in [0.1, 0.15) is 5.82 Å². The zero-order valence-electron chi connectivity index (χ0n) is 7.85. The Morgan fingerprint density at radius 3 is 2.79 bits per heavy atom. The maximum Gasteiger partial charge on any atom is 0.251 e. The first kappa shape index (κ1) is 8.68. The van der Waals surface area contributed by atoms with E-state index in [1.807, 2.05) is 0 Å². The number of rotatable bonds is 0. The third-order valence-corrected chi connectivity index (χ3v) is 2.06. The van der Waals surface area contributed by atoms with Gasteiger partial charge in [0.25, 0.3) is 5.56 Å². The molecule has 5 heteroatoms. The highest BCUT2D eigenvalue weighted by Crippen LogP contribution is 2.18.